The summed E-state index contributed by atoms with van der Waals surface area (Å²) in [6.07, 6.45) is 0. The van der Waals surface area contributed by atoms with E-state index >= 15 is 0 Å². The lowest BCUT2D eigenvalue weighted by molar-refractivity contribution is -0.134. The lowest BCUT2D eigenvalue weighted by Gasteiger charge is -2.40. The molecule has 1 fully saturated rings. The molecule has 4 rings (SSSR count). The normalized spacial score (nSPS) is 15.0. The van der Waals surface area contributed by atoms with E-state index in [9.17, 15) is 9.59 Å². The van der Waals surface area contributed by atoms with Gasteiger partial charge in [0.25, 0.3) is 0 Å². The van der Waals surface area contributed by atoms with Crippen molar-refractivity contribution in [2.24, 2.45) is 0 Å². The van der Waals surface area contributed by atoms with Gasteiger partial charge in [0, 0.05) is 31.9 Å². The zero-order valence-electron chi connectivity index (χ0n) is 19.5. The number of urea groups is 1. The fourth-order valence-corrected chi connectivity index (χ4v) is 4.66. The van der Waals surface area contributed by atoms with Gasteiger partial charge in [-0.05, 0) is 36.2 Å². The van der Waals surface area contributed by atoms with Gasteiger partial charge in [-0.25, -0.2) is 4.79 Å². The smallest absolute Gasteiger partial charge is 0.319 e. The summed E-state index contributed by atoms with van der Waals surface area (Å²) >= 11 is 11.9. The molecule has 8 heteroatoms. The second-order valence-electron chi connectivity index (χ2n) is 8.53. The average Bonchev–Trinajstić information content (AvgIpc) is 2.87. The maximum atomic E-state index is 13.0. The van der Waals surface area contributed by atoms with Gasteiger partial charge in [-0.15, -0.1) is 0 Å². The van der Waals surface area contributed by atoms with Crippen LogP contribution in [-0.4, -0.2) is 54.0 Å². The number of piperazine rings is 1. The van der Waals surface area contributed by atoms with Gasteiger partial charge < -0.3 is 15.5 Å². The molecule has 1 saturated heterocycles. The Morgan fingerprint density at radius 1 is 0.800 bits per heavy atom. The van der Waals surface area contributed by atoms with Crippen molar-refractivity contribution in [3.8, 4) is 0 Å². The minimum Gasteiger partial charge on any atom is -0.338 e. The molecule has 0 spiro atoms. The summed E-state index contributed by atoms with van der Waals surface area (Å²) in [6, 6.07) is 24.7. The van der Waals surface area contributed by atoms with E-state index in [0.717, 1.165) is 13.1 Å². The SMILES string of the molecule is CC(NC(=O)Nc1ccc(Cl)c(Cl)c1)C(=O)N1CCN(C(c2ccccc2)c2ccccc2)CC1. The van der Waals surface area contributed by atoms with E-state index in [2.05, 4.69) is 64.1 Å². The van der Waals surface area contributed by atoms with Crippen molar-refractivity contribution >= 4 is 40.8 Å². The summed E-state index contributed by atoms with van der Waals surface area (Å²) < 4.78 is 0. The van der Waals surface area contributed by atoms with Crippen LogP contribution in [0.25, 0.3) is 0 Å². The van der Waals surface area contributed by atoms with Crippen molar-refractivity contribution in [2.75, 3.05) is 31.5 Å². The summed E-state index contributed by atoms with van der Waals surface area (Å²) in [7, 11) is 0. The molecule has 0 aliphatic carbocycles. The summed E-state index contributed by atoms with van der Waals surface area (Å²) in [6.45, 7) is 4.36. The second-order valence-corrected chi connectivity index (χ2v) is 9.35. The van der Waals surface area contributed by atoms with Gasteiger partial charge in [0.05, 0.1) is 16.1 Å². The van der Waals surface area contributed by atoms with Crippen LogP contribution in [0.15, 0.2) is 78.9 Å². The van der Waals surface area contributed by atoms with Crippen LogP contribution in [0.2, 0.25) is 10.0 Å². The maximum Gasteiger partial charge on any atom is 0.319 e. The van der Waals surface area contributed by atoms with E-state index < -0.39 is 12.1 Å². The molecule has 6 nitrogen and oxygen atoms in total. The molecule has 0 bridgehead atoms. The Morgan fingerprint density at radius 3 is 1.91 bits per heavy atom. The number of rotatable bonds is 6. The highest BCUT2D eigenvalue weighted by atomic mass is 35.5. The molecule has 1 aliphatic rings. The Kier molecular flexibility index (Phi) is 8.29. The standard InChI is InChI=1S/C27H28Cl2N4O2/c1-19(30-27(35)31-22-12-13-23(28)24(29)18-22)26(34)33-16-14-32(15-17-33)25(20-8-4-2-5-9-20)21-10-6-3-7-11-21/h2-13,18-19,25H,14-17H2,1H3,(H2,30,31,35). The van der Waals surface area contributed by atoms with E-state index in [1.54, 1.807) is 25.1 Å². The fourth-order valence-electron chi connectivity index (χ4n) is 4.36. The highest BCUT2D eigenvalue weighted by Gasteiger charge is 2.30. The Bertz CT molecular complexity index is 1110. The Hall–Kier alpha value is -3.06. The fraction of sp³-hybridized carbons (Fsp3) is 0.259. The van der Waals surface area contributed by atoms with Gasteiger partial charge in [-0.2, -0.15) is 0 Å². The number of halogens is 2. The Labute approximate surface area is 215 Å². The number of nitrogens with one attached hydrogen (secondary N) is 2. The average molecular weight is 511 g/mol. The summed E-state index contributed by atoms with van der Waals surface area (Å²) in [4.78, 5) is 29.6. The molecule has 2 N–H and O–H groups in total. The molecular formula is C27H28Cl2N4O2. The molecule has 3 aromatic rings. The van der Waals surface area contributed by atoms with Gasteiger partial charge in [0.2, 0.25) is 5.91 Å². The topological polar surface area (TPSA) is 64.7 Å². The molecule has 0 saturated carbocycles. The van der Waals surface area contributed by atoms with E-state index in [0.29, 0.717) is 28.8 Å². The predicted octanol–water partition coefficient (Wildman–Crippen LogP) is 5.44. The second kappa shape index (κ2) is 11.6. The van der Waals surface area contributed by atoms with Crippen molar-refractivity contribution in [1.82, 2.24) is 15.1 Å². The molecule has 3 amide bonds. The number of amides is 3. The molecule has 0 radical (unpaired) electrons. The Balaban J connectivity index is 1.35. The van der Waals surface area contributed by atoms with Gasteiger partial charge in [0.15, 0.2) is 0 Å². The van der Waals surface area contributed by atoms with Gasteiger partial charge in [0.1, 0.15) is 6.04 Å². The highest BCUT2D eigenvalue weighted by molar-refractivity contribution is 6.42. The number of anilines is 1. The first kappa shape index (κ1) is 25.0. The summed E-state index contributed by atoms with van der Waals surface area (Å²) in [5.74, 6) is -0.107. The zero-order chi connectivity index (χ0) is 24.8. The molecular weight excluding hydrogens is 483 g/mol. The molecule has 0 aromatic heterocycles. The van der Waals surface area contributed by atoms with Crippen LogP contribution in [0.4, 0.5) is 10.5 Å². The molecule has 1 atom stereocenters. The van der Waals surface area contributed by atoms with Crippen molar-refractivity contribution in [1.29, 1.82) is 0 Å². The van der Waals surface area contributed by atoms with Crippen LogP contribution in [0, 0.1) is 0 Å². The third kappa shape index (κ3) is 6.34. The number of hydrogen-bond donors (Lipinski definition) is 2. The predicted molar refractivity (Wildman–Crippen MR) is 141 cm³/mol. The van der Waals surface area contributed by atoms with E-state index in [1.165, 1.54) is 11.1 Å². The van der Waals surface area contributed by atoms with Gasteiger partial charge in [-0.1, -0.05) is 83.9 Å². The first-order valence-electron chi connectivity index (χ1n) is 11.6. The van der Waals surface area contributed by atoms with Gasteiger partial charge in [-0.3, -0.25) is 9.69 Å². The summed E-state index contributed by atoms with van der Waals surface area (Å²) in [5, 5.41) is 6.15. The lowest BCUT2D eigenvalue weighted by atomic mass is 9.96. The number of nitrogens with zero attached hydrogens (tertiary/aromatic N) is 2. The molecule has 1 unspecified atom stereocenters. The quantitative estimate of drug-likeness (QED) is 0.464. The van der Waals surface area contributed by atoms with E-state index in [1.807, 2.05) is 17.0 Å². The first-order valence-corrected chi connectivity index (χ1v) is 12.3. The maximum absolute atomic E-state index is 13.0. The highest BCUT2D eigenvalue weighted by Crippen LogP contribution is 2.29. The van der Waals surface area contributed by atoms with Crippen LogP contribution in [0.1, 0.15) is 24.1 Å². The third-order valence-electron chi connectivity index (χ3n) is 6.12. The van der Waals surface area contributed by atoms with Crippen molar-refractivity contribution in [3.63, 3.8) is 0 Å². The number of hydrogen-bond acceptors (Lipinski definition) is 3. The van der Waals surface area contributed by atoms with Crippen molar-refractivity contribution in [3.05, 3.63) is 100 Å². The Morgan fingerprint density at radius 2 is 1.37 bits per heavy atom. The number of carbonyl (C=O) groups excluding carboxylic acids is 2. The molecule has 1 aliphatic heterocycles. The van der Waals surface area contributed by atoms with Crippen molar-refractivity contribution < 1.29 is 9.59 Å². The molecule has 35 heavy (non-hydrogen) atoms. The molecule has 3 aromatic carbocycles. The van der Waals surface area contributed by atoms with Crippen LogP contribution in [-0.2, 0) is 4.79 Å². The van der Waals surface area contributed by atoms with Crippen LogP contribution in [0.3, 0.4) is 0 Å². The molecule has 1 heterocycles. The first-order chi connectivity index (χ1) is 16.9. The lowest BCUT2D eigenvalue weighted by Crippen LogP contribution is -2.55. The largest absolute Gasteiger partial charge is 0.338 e. The minimum atomic E-state index is -0.664. The third-order valence-corrected chi connectivity index (χ3v) is 6.86. The van der Waals surface area contributed by atoms with Crippen molar-refractivity contribution in [2.45, 2.75) is 19.0 Å². The van der Waals surface area contributed by atoms with Crippen LogP contribution >= 0.6 is 23.2 Å². The number of carbonyl (C=O) groups is 2. The van der Waals surface area contributed by atoms with Crippen LogP contribution in [0.5, 0.6) is 0 Å². The van der Waals surface area contributed by atoms with E-state index in [-0.39, 0.29) is 11.9 Å². The van der Waals surface area contributed by atoms with Crippen LogP contribution < -0.4 is 10.6 Å². The van der Waals surface area contributed by atoms with E-state index in [4.69, 9.17) is 23.2 Å². The zero-order valence-corrected chi connectivity index (χ0v) is 21.0. The minimum absolute atomic E-state index is 0.107. The summed E-state index contributed by atoms with van der Waals surface area (Å²) in [5.41, 5.74) is 2.96. The molecule has 182 valence electrons. The van der Waals surface area contributed by atoms with Gasteiger partial charge >= 0.3 is 6.03 Å². The number of benzene rings is 3. The monoisotopic (exact) mass is 510 g/mol.